The highest BCUT2D eigenvalue weighted by Gasteiger charge is 2.10. The molecule has 0 bridgehead atoms. The van der Waals surface area contributed by atoms with Gasteiger partial charge in [0.1, 0.15) is 5.56 Å². The first-order chi connectivity index (χ1) is 7.91. The van der Waals surface area contributed by atoms with E-state index in [4.69, 9.17) is 5.11 Å². The Bertz CT molecular complexity index is 460. The summed E-state index contributed by atoms with van der Waals surface area (Å²) in [6.07, 6.45) is 3.52. The highest BCUT2D eigenvalue weighted by Crippen LogP contribution is 2.07. The fraction of sp³-hybridized carbons (Fsp3) is 0.538. The standard InChI is InChI=1S/C13H19NO3/c1-9(2)5-4-6-14-8-11(13(16)17)12(15)7-10(14)3/h7-9H,4-6H2,1-3H3,(H,16,17). The van der Waals surface area contributed by atoms with Crippen LogP contribution in [0.25, 0.3) is 0 Å². The average Bonchev–Trinajstić information content (AvgIpc) is 2.20. The summed E-state index contributed by atoms with van der Waals surface area (Å²) in [7, 11) is 0. The summed E-state index contributed by atoms with van der Waals surface area (Å²) in [6.45, 7) is 6.88. The summed E-state index contributed by atoms with van der Waals surface area (Å²) in [5.74, 6) is -0.527. The molecule has 0 aliphatic heterocycles. The van der Waals surface area contributed by atoms with Crippen molar-refractivity contribution < 1.29 is 9.90 Å². The van der Waals surface area contributed by atoms with Gasteiger partial charge in [-0.2, -0.15) is 0 Å². The topological polar surface area (TPSA) is 59.3 Å². The molecule has 1 aromatic heterocycles. The second kappa shape index (κ2) is 5.66. The highest BCUT2D eigenvalue weighted by molar-refractivity contribution is 5.87. The van der Waals surface area contributed by atoms with Crippen LogP contribution in [0.5, 0.6) is 0 Å². The van der Waals surface area contributed by atoms with Gasteiger partial charge in [-0.1, -0.05) is 13.8 Å². The van der Waals surface area contributed by atoms with E-state index < -0.39 is 11.4 Å². The van der Waals surface area contributed by atoms with Crippen molar-refractivity contribution >= 4 is 5.97 Å². The normalized spacial score (nSPS) is 10.8. The van der Waals surface area contributed by atoms with Crippen LogP contribution in [-0.2, 0) is 6.54 Å². The third-order valence-corrected chi connectivity index (χ3v) is 2.75. The molecule has 0 aliphatic carbocycles. The smallest absolute Gasteiger partial charge is 0.341 e. The van der Waals surface area contributed by atoms with E-state index in [0.717, 1.165) is 25.1 Å². The maximum absolute atomic E-state index is 11.4. The summed E-state index contributed by atoms with van der Waals surface area (Å²) in [4.78, 5) is 22.3. The molecule has 0 radical (unpaired) electrons. The van der Waals surface area contributed by atoms with E-state index in [2.05, 4.69) is 13.8 Å². The first-order valence-corrected chi connectivity index (χ1v) is 5.86. The largest absolute Gasteiger partial charge is 0.477 e. The van der Waals surface area contributed by atoms with Crippen LogP contribution in [0.4, 0.5) is 0 Å². The van der Waals surface area contributed by atoms with Crippen LogP contribution in [0.2, 0.25) is 0 Å². The van der Waals surface area contributed by atoms with E-state index in [9.17, 15) is 9.59 Å². The van der Waals surface area contributed by atoms with Gasteiger partial charge in [-0.3, -0.25) is 4.79 Å². The van der Waals surface area contributed by atoms with Crippen LogP contribution in [0, 0.1) is 12.8 Å². The number of pyridine rings is 1. The molecule has 1 aromatic rings. The summed E-state index contributed by atoms with van der Waals surface area (Å²) in [5.41, 5.74) is 0.235. The predicted octanol–water partition coefficient (Wildman–Crippen LogP) is 2.29. The minimum absolute atomic E-state index is 0.153. The molecular weight excluding hydrogens is 218 g/mol. The number of rotatable bonds is 5. The molecule has 0 amide bonds. The number of carbonyl (C=O) groups is 1. The number of nitrogens with zero attached hydrogens (tertiary/aromatic N) is 1. The quantitative estimate of drug-likeness (QED) is 0.854. The molecule has 94 valence electrons. The minimum atomic E-state index is -1.16. The van der Waals surface area contributed by atoms with Crippen molar-refractivity contribution in [2.24, 2.45) is 5.92 Å². The Morgan fingerprint density at radius 3 is 2.65 bits per heavy atom. The number of aromatic nitrogens is 1. The van der Waals surface area contributed by atoms with Crippen molar-refractivity contribution in [3.63, 3.8) is 0 Å². The molecular formula is C13H19NO3. The van der Waals surface area contributed by atoms with Gasteiger partial charge >= 0.3 is 5.97 Å². The van der Waals surface area contributed by atoms with E-state index >= 15 is 0 Å². The van der Waals surface area contributed by atoms with Crippen molar-refractivity contribution in [1.82, 2.24) is 4.57 Å². The number of aryl methyl sites for hydroxylation is 2. The maximum atomic E-state index is 11.4. The monoisotopic (exact) mass is 237 g/mol. The van der Waals surface area contributed by atoms with Crippen LogP contribution in [-0.4, -0.2) is 15.6 Å². The number of hydrogen-bond donors (Lipinski definition) is 1. The van der Waals surface area contributed by atoms with Gasteiger partial charge in [0.15, 0.2) is 5.43 Å². The molecule has 0 saturated carbocycles. The summed E-state index contributed by atoms with van der Waals surface area (Å²) >= 11 is 0. The molecule has 4 heteroatoms. The van der Waals surface area contributed by atoms with Gasteiger partial charge in [-0.25, -0.2) is 4.79 Å². The van der Waals surface area contributed by atoms with Gasteiger partial charge in [0, 0.05) is 24.5 Å². The Hall–Kier alpha value is -1.58. The Morgan fingerprint density at radius 2 is 2.12 bits per heavy atom. The summed E-state index contributed by atoms with van der Waals surface area (Å²) in [6, 6.07) is 1.39. The Morgan fingerprint density at radius 1 is 1.47 bits per heavy atom. The van der Waals surface area contributed by atoms with Gasteiger partial charge in [0.05, 0.1) is 0 Å². The third kappa shape index (κ3) is 3.73. The van der Waals surface area contributed by atoms with E-state index in [0.29, 0.717) is 5.92 Å². The van der Waals surface area contributed by atoms with Crippen LogP contribution < -0.4 is 5.43 Å². The van der Waals surface area contributed by atoms with Crippen molar-refractivity contribution in [2.45, 2.75) is 40.2 Å². The first-order valence-electron chi connectivity index (χ1n) is 5.86. The zero-order valence-electron chi connectivity index (χ0n) is 10.6. The molecule has 0 aromatic carbocycles. The predicted molar refractivity (Wildman–Crippen MR) is 66.5 cm³/mol. The SMILES string of the molecule is Cc1cc(=O)c(C(=O)O)cn1CCCC(C)C. The second-order valence-corrected chi connectivity index (χ2v) is 4.73. The number of hydrogen-bond acceptors (Lipinski definition) is 2. The summed E-state index contributed by atoms with van der Waals surface area (Å²) < 4.78 is 1.84. The van der Waals surface area contributed by atoms with Gasteiger partial charge < -0.3 is 9.67 Å². The van der Waals surface area contributed by atoms with Crippen molar-refractivity contribution in [2.75, 3.05) is 0 Å². The molecule has 0 unspecified atom stereocenters. The molecule has 0 aliphatic rings. The van der Waals surface area contributed by atoms with E-state index in [-0.39, 0.29) is 5.56 Å². The van der Waals surface area contributed by atoms with Crippen molar-refractivity contribution in [3.05, 3.63) is 33.7 Å². The number of aromatic carboxylic acids is 1. The Kier molecular flexibility index (Phi) is 4.49. The summed E-state index contributed by atoms with van der Waals surface area (Å²) in [5, 5.41) is 8.88. The van der Waals surface area contributed by atoms with Crippen LogP contribution in [0.15, 0.2) is 17.1 Å². The van der Waals surface area contributed by atoms with Gasteiger partial charge in [0.2, 0.25) is 0 Å². The molecule has 1 N–H and O–H groups in total. The van der Waals surface area contributed by atoms with Crippen LogP contribution >= 0.6 is 0 Å². The lowest BCUT2D eigenvalue weighted by Gasteiger charge is -2.12. The lowest BCUT2D eigenvalue weighted by atomic mass is 10.1. The van der Waals surface area contributed by atoms with E-state index in [1.165, 1.54) is 12.3 Å². The molecule has 1 heterocycles. The Balaban J connectivity index is 2.88. The lowest BCUT2D eigenvalue weighted by molar-refractivity contribution is 0.0694. The van der Waals surface area contributed by atoms with Gasteiger partial charge in [-0.05, 0) is 25.7 Å². The lowest BCUT2D eigenvalue weighted by Crippen LogP contribution is -2.19. The van der Waals surface area contributed by atoms with Gasteiger partial charge in [0.25, 0.3) is 0 Å². The van der Waals surface area contributed by atoms with Crippen molar-refractivity contribution in [3.8, 4) is 0 Å². The first kappa shape index (κ1) is 13.5. The van der Waals surface area contributed by atoms with Gasteiger partial charge in [-0.15, -0.1) is 0 Å². The third-order valence-electron chi connectivity index (χ3n) is 2.75. The van der Waals surface area contributed by atoms with E-state index in [1.807, 2.05) is 11.5 Å². The fourth-order valence-corrected chi connectivity index (χ4v) is 1.74. The maximum Gasteiger partial charge on any atom is 0.341 e. The number of carboxylic acid groups (broad SMARTS) is 1. The molecule has 17 heavy (non-hydrogen) atoms. The minimum Gasteiger partial charge on any atom is -0.477 e. The molecule has 1 rings (SSSR count). The Labute approximate surface area is 101 Å². The molecule has 0 saturated heterocycles. The van der Waals surface area contributed by atoms with Crippen LogP contribution in [0.3, 0.4) is 0 Å². The zero-order valence-corrected chi connectivity index (χ0v) is 10.6. The molecule has 0 spiro atoms. The molecule has 0 atom stereocenters. The van der Waals surface area contributed by atoms with E-state index in [1.54, 1.807) is 0 Å². The fourth-order valence-electron chi connectivity index (χ4n) is 1.74. The van der Waals surface area contributed by atoms with Crippen LogP contribution in [0.1, 0.15) is 42.7 Å². The van der Waals surface area contributed by atoms with Crippen molar-refractivity contribution in [1.29, 1.82) is 0 Å². The average molecular weight is 237 g/mol. The second-order valence-electron chi connectivity index (χ2n) is 4.73. The highest BCUT2D eigenvalue weighted by atomic mass is 16.4. The molecule has 4 nitrogen and oxygen atoms in total. The number of carboxylic acids is 1. The zero-order chi connectivity index (χ0) is 13.0. The molecule has 0 fully saturated rings.